The van der Waals surface area contributed by atoms with E-state index in [1.807, 2.05) is 6.92 Å². The first-order chi connectivity index (χ1) is 5.04. The molecule has 2 N–H and O–H groups in total. The molecule has 0 aliphatic rings. The van der Waals surface area contributed by atoms with Crippen molar-refractivity contribution in [2.24, 2.45) is 0 Å². The molecule has 2 amide bonds. The van der Waals surface area contributed by atoms with Crippen molar-refractivity contribution in [1.29, 1.82) is 0 Å². The Labute approximate surface area is 98.3 Å². The zero-order chi connectivity index (χ0) is 9.28. The summed E-state index contributed by atoms with van der Waals surface area (Å²) in [5.41, 5.74) is 12.5. The van der Waals surface area contributed by atoms with Gasteiger partial charge in [-0.25, -0.2) is 0 Å². The second-order valence-electron chi connectivity index (χ2n) is 1.95. The molecule has 0 fully saturated rings. The largest absolute Gasteiger partial charge is 0.668 e. The molecular formula is C7H14N2O2Y-2. The van der Waals surface area contributed by atoms with E-state index in [-0.39, 0.29) is 32.7 Å². The predicted molar refractivity (Wildman–Crippen MR) is 43.9 cm³/mol. The minimum absolute atomic E-state index is 0. The van der Waals surface area contributed by atoms with Crippen molar-refractivity contribution in [1.82, 2.24) is 0 Å². The Morgan fingerprint density at radius 3 is 1.42 bits per heavy atom. The summed E-state index contributed by atoms with van der Waals surface area (Å²) < 4.78 is 0. The first-order valence-electron chi connectivity index (χ1n) is 3.53. The fourth-order valence-corrected chi connectivity index (χ4v) is 0.227. The Bertz CT molecular complexity index is 129. The van der Waals surface area contributed by atoms with Crippen LogP contribution < -0.4 is 0 Å². The van der Waals surface area contributed by atoms with E-state index in [2.05, 4.69) is 0 Å². The van der Waals surface area contributed by atoms with Gasteiger partial charge in [-0.3, -0.25) is 0 Å². The van der Waals surface area contributed by atoms with Crippen LogP contribution in [0.3, 0.4) is 0 Å². The molecule has 0 unspecified atom stereocenters. The summed E-state index contributed by atoms with van der Waals surface area (Å²) in [6, 6.07) is 0. The molecule has 0 aromatic carbocycles. The number of carbonyl (C=O) groups is 2. The molecule has 0 aromatic rings. The van der Waals surface area contributed by atoms with Crippen LogP contribution in [0, 0.1) is 0 Å². The minimum atomic E-state index is -0.495. The van der Waals surface area contributed by atoms with E-state index in [1.165, 1.54) is 0 Å². The van der Waals surface area contributed by atoms with Gasteiger partial charge >= 0.3 is 0 Å². The van der Waals surface area contributed by atoms with Gasteiger partial charge in [-0.2, -0.15) is 0 Å². The van der Waals surface area contributed by atoms with Gasteiger partial charge in [-0.05, 0) is 12.8 Å². The summed E-state index contributed by atoms with van der Waals surface area (Å²) in [5.74, 6) is -0.956. The number of nitrogens with one attached hydrogen (secondary N) is 2. The maximum Gasteiger partial charge on any atom is 0.0487 e. The van der Waals surface area contributed by atoms with Crippen LogP contribution in [0.15, 0.2) is 0 Å². The van der Waals surface area contributed by atoms with Crippen LogP contribution >= 0.6 is 0 Å². The second kappa shape index (κ2) is 13.6. The Kier molecular flexibility index (Phi) is 20.4. The topological polar surface area (TPSA) is 81.7 Å². The van der Waals surface area contributed by atoms with E-state index in [0.29, 0.717) is 12.8 Å². The fraction of sp³-hybridized carbons (Fsp3) is 0.714. The third-order valence-electron chi connectivity index (χ3n) is 0.798. The van der Waals surface area contributed by atoms with Gasteiger partial charge in [0.25, 0.3) is 0 Å². The van der Waals surface area contributed by atoms with Gasteiger partial charge in [0.15, 0.2) is 0 Å². The summed E-state index contributed by atoms with van der Waals surface area (Å²) in [4.78, 5) is 19.2. The molecule has 0 spiro atoms. The van der Waals surface area contributed by atoms with Crippen molar-refractivity contribution in [3.8, 4) is 0 Å². The zero-order valence-electron chi connectivity index (χ0n) is 7.52. The Morgan fingerprint density at radius 2 is 1.42 bits per heavy atom. The molecule has 0 rings (SSSR count). The fourth-order valence-electron chi connectivity index (χ4n) is 0.227. The third-order valence-corrected chi connectivity index (χ3v) is 0.798. The van der Waals surface area contributed by atoms with Crippen molar-refractivity contribution in [2.75, 3.05) is 0 Å². The molecule has 69 valence electrons. The van der Waals surface area contributed by atoms with Crippen LogP contribution in [-0.2, 0) is 42.3 Å². The number of hydrogen-bond acceptors (Lipinski definition) is 2. The average Bonchev–Trinajstić information content (AvgIpc) is 1.89. The molecule has 4 nitrogen and oxygen atoms in total. The molecule has 0 aliphatic carbocycles. The van der Waals surface area contributed by atoms with Crippen molar-refractivity contribution < 1.29 is 42.3 Å². The quantitative estimate of drug-likeness (QED) is 0.766. The molecule has 0 bridgehead atoms. The van der Waals surface area contributed by atoms with E-state index in [0.717, 1.165) is 6.42 Å². The van der Waals surface area contributed by atoms with Crippen molar-refractivity contribution in [3.05, 3.63) is 11.5 Å². The molecule has 0 saturated carbocycles. The van der Waals surface area contributed by atoms with E-state index >= 15 is 0 Å². The Hall–Kier alpha value is 0.0439. The van der Waals surface area contributed by atoms with Gasteiger partial charge in [0.2, 0.25) is 0 Å². The summed E-state index contributed by atoms with van der Waals surface area (Å²) in [5, 5.41) is 0. The van der Waals surface area contributed by atoms with E-state index in [1.54, 1.807) is 6.92 Å². The maximum atomic E-state index is 9.71. The third kappa shape index (κ3) is 32.3. The number of hydrogen-bond donors (Lipinski definition) is 0. The van der Waals surface area contributed by atoms with E-state index in [9.17, 15) is 9.59 Å². The smallest absolute Gasteiger partial charge is 0.0487 e. The molecule has 1 radical (unpaired) electrons. The SMILES string of the molecule is CCC([NH-])=O.CCCC([NH-])=O.[Y]. The first kappa shape index (κ1) is 18.0. The first-order valence-corrected chi connectivity index (χ1v) is 3.53. The number of amides is 2. The van der Waals surface area contributed by atoms with Crippen molar-refractivity contribution in [3.63, 3.8) is 0 Å². The average molecular weight is 247 g/mol. The maximum absolute atomic E-state index is 9.71. The Balaban J connectivity index is -0.000000126. The minimum Gasteiger partial charge on any atom is -0.668 e. The van der Waals surface area contributed by atoms with Crippen molar-refractivity contribution >= 4 is 11.8 Å². The van der Waals surface area contributed by atoms with Crippen LogP contribution in [0.4, 0.5) is 0 Å². The van der Waals surface area contributed by atoms with Gasteiger partial charge in [0.1, 0.15) is 0 Å². The molecule has 0 saturated heterocycles. The normalized spacial score (nSPS) is 7.17. The van der Waals surface area contributed by atoms with Crippen LogP contribution in [-0.4, -0.2) is 11.8 Å². The zero-order valence-corrected chi connectivity index (χ0v) is 10.4. The summed E-state index contributed by atoms with van der Waals surface area (Å²) in [6.45, 7) is 3.54. The van der Waals surface area contributed by atoms with Gasteiger partial charge in [-0.15, -0.1) is 0 Å². The van der Waals surface area contributed by atoms with Crippen LogP contribution in [0.1, 0.15) is 33.1 Å². The van der Waals surface area contributed by atoms with E-state index < -0.39 is 11.8 Å². The molecule has 0 aromatic heterocycles. The monoisotopic (exact) mass is 247 g/mol. The molecule has 5 heteroatoms. The predicted octanol–water partition coefficient (Wildman–Crippen LogP) is 2.34. The second-order valence-corrected chi connectivity index (χ2v) is 1.95. The summed E-state index contributed by atoms with van der Waals surface area (Å²) in [7, 11) is 0. The van der Waals surface area contributed by atoms with Gasteiger partial charge in [0, 0.05) is 44.5 Å². The number of rotatable bonds is 3. The van der Waals surface area contributed by atoms with Crippen LogP contribution in [0.2, 0.25) is 0 Å². The van der Waals surface area contributed by atoms with Gasteiger partial charge in [0.05, 0.1) is 0 Å². The van der Waals surface area contributed by atoms with Crippen LogP contribution in [0.5, 0.6) is 0 Å². The molecule has 0 heterocycles. The van der Waals surface area contributed by atoms with Crippen LogP contribution in [0.25, 0.3) is 11.5 Å². The molecule has 0 atom stereocenters. The Morgan fingerprint density at radius 1 is 1.08 bits per heavy atom. The van der Waals surface area contributed by atoms with E-state index in [4.69, 9.17) is 11.5 Å². The number of carbonyl (C=O) groups excluding carboxylic acids is 2. The molecule has 0 aliphatic heterocycles. The van der Waals surface area contributed by atoms with Gasteiger partial charge < -0.3 is 21.1 Å². The summed E-state index contributed by atoms with van der Waals surface area (Å²) in [6.07, 6.45) is 1.53. The molecular weight excluding hydrogens is 233 g/mol. The summed E-state index contributed by atoms with van der Waals surface area (Å²) >= 11 is 0. The van der Waals surface area contributed by atoms with Gasteiger partial charge in [-0.1, -0.05) is 20.3 Å². The molecule has 12 heavy (non-hydrogen) atoms. The standard InChI is InChI=1S/C4H9NO.C3H7NO.Y/c1-2-3-4(5)6;1-2-3(4)5;/h2-3H2,1H3,(H2,5,6);2H2,1H3,(H2,4,5);/p-2. The van der Waals surface area contributed by atoms with Crippen molar-refractivity contribution in [2.45, 2.75) is 33.1 Å².